The topological polar surface area (TPSA) is 88.1 Å². The average molecular weight is 256 g/mol. The summed E-state index contributed by atoms with van der Waals surface area (Å²) in [5.74, 6) is 0.0599. The lowest BCUT2D eigenvalue weighted by Crippen LogP contribution is -1.86. The Morgan fingerprint density at radius 2 is 1.89 bits per heavy atom. The first-order valence-corrected chi connectivity index (χ1v) is 5.38. The molecule has 0 aliphatic rings. The van der Waals surface area contributed by atoms with Crippen LogP contribution in [0.5, 0.6) is 5.75 Å². The molecule has 0 bridgehead atoms. The zero-order valence-electron chi connectivity index (χ0n) is 9.85. The molecule has 19 heavy (non-hydrogen) atoms. The normalized spacial score (nSPS) is 10.8. The van der Waals surface area contributed by atoms with E-state index in [0.717, 1.165) is 0 Å². The number of nitrogens with zero attached hydrogens (tertiary/aromatic N) is 3. The van der Waals surface area contributed by atoms with E-state index < -0.39 is 4.92 Å². The molecule has 0 amide bonds. The fourth-order valence-electron chi connectivity index (χ4n) is 1.45. The highest BCUT2D eigenvalue weighted by Crippen LogP contribution is 2.29. The van der Waals surface area contributed by atoms with Gasteiger partial charge in [-0.3, -0.25) is 10.1 Å². The number of para-hydroxylation sites is 1. The third-order valence-corrected chi connectivity index (χ3v) is 2.41. The number of azo groups is 1. The summed E-state index contributed by atoms with van der Waals surface area (Å²) in [5.41, 5.74) is 0.936. The van der Waals surface area contributed by atoms with Crippen molar-refractivity contribution in [3.05, 3.63) is 65.1 Å². The first-order valence-electron chi connectivity index (χ1n) is 5.38. The number of aromatic hydroxyl groups is 1. The Labute approximate surface area is 109 Å². The van der Waals surface area contributed by atoms with Crippen molar-refractivity contribution in [1.82, 2.24) is 0 Å². The fraction of sp³-hybridized carbons (Fsp3) is 0. The van der Waals surface area contributed by atoms with E-state index in [-0.39, 0.29) is 17.1 Å². The zero-order valence-corrected chi connectivity index (χ0v) is 9.85. The van der Waals surface area contributed by atoms with Crippen molar-refractivity contribution in [3.8, 4) is 5.75 Å². The molecule has 2 aromatic rings. The van der Waals surface area contributed by atoms with Gasteiger partial charge in [0, 0.05) is 6.07 Å². The molecule has 0 aliphatic heterocycles. The number of rotatable bonds is 3. The maximum atomic E-state index is 10.8. The van der Waals surface area contributed by atoms with E-state index in [9.17, 15) is 15.2 Å². The van der Waals surface area contributed by atoms with Crippen LogP contribution in [0.3, 0.4) is 0 Å². The minimum Gasteiger partial charge on any atom is -0.508 e. The summed E-state index contributed by atoms with van der Waals surface area (Å²) in [6.45, 7) is 3.62. The molecule has 1 N–H and O–H groups in total. The van der Waals surface area contributed by atoms with Gasteiger partial charge in [-0.15, -0.1) is 5.11 Å². The van der Waals surface area contributed by atoms with Crippen molar-refractivity contribution in [3.63, 3.8) is 0 Å². The van der Waals surface area contributed by atoms with Crippen LogP contribution in [-0.4, -0.2) is 10.0 Å². The van der Waals surface area contributed by atoms with E-state index >= 15 is 0 Å². The molecule has 0 fully saturated rings. The molecule has 0 saturated carbocycles. The summed E-state index contributed by atoms with van der Waals surface area (Å²) in [4.78, 5) is 10.3. The number of hydrogen-bond acceptors (Lipinski definition) is 5. The lowest BCUT2D eigenvalue weighted by atomic mass is 10.2. The second kappa shape index (κ2) is 5.26. The van der Waals surface area contributed by atoms with Crippen LogP contribution in [0.15, 0.2) is 52.7 Å². The molecule has 0 saturated heterocycles. The van der Waals surface area contributed by atoms with Gasteiger partial charge in [-0.1, -0.05) is 12.1 Å². The Hall–Kier alpha value is -2.76. The highest BCUT2D eigenvalue weighted by Gasteiger charge is 2.11. The van der Waals surface area contributed by atoms with Crippen LogP contribution in [0.4, 0.5) is 17.1 Å². The van der Waals surface area contributed by atoms with Crippen molar-refractivity contribution in [1.29, 1.82) is 0 Å². The van der Waals surface area contributed by atoms with Gasteiger partial charge in [0.25, 0.3) is 5.69 Å². The van der Waals surface area contributed by atoms with Gasteiger partial charge in [0.2, 0.25) is 0 Å². The monoisotopic (exact) mass is 256 g/mol. The molecule has 0 atom stereocenters. The number of nitro groups is 1. The van der Waals surface area contributed by atoms with E-state index in [4.69, 9.17) is 0 Å². The number of phenolic OH excluding ortho intramolecular Hbond substituents is 1. The second-order valence-corrected chi connectivity index (χ2v) is 3.76. The van der Waals surface area contributed by atoms with Gasteiger partial charge in [-0.05, 0) is 36.8 Å². The van der Waals surface area contributed by atoms with Gasteiger partial charge in [0.15, 0.2) is 5.69 Å². The van der Waals surface area contributed by atoms with Gasteiger partial charge in [0.1, 0.15) is 5.75 Å². The standard InChI is InChI=1S/C13H10N3O3/c1-9-8-10(6-7-13(9)17)14-15-11-4-2-3-5-12(11)16(18)19/h2-8,17H,1H2/b15-14+. The molecule has 2 rings (SSSR count). The Balaban J connectivity index is 2.32. The fourth-order valence-corrected chi connectivity index (χ4v) is 1.45. The van der Waals surface area contributed by atoms with Crippen molar-refractivity contribution >= 4 is 17.1 Å². The van der Waals surface area contributed by atoms with Crippen LogP contribution in [0.1, 0.15) is 5.56 Å². The number of phenols is 1. The molecule has 2 aromatic carbocycles. The largest absolute Gasteiger partial charge is 0.508 e. The van der Waals surface area contributed by atoms with Crippen LogP contribution in [0, 0.1) is 17.0 Å². The van der Waals surface area contributed by atoms with Crippen molar-refractivity contribution in [2.24, 2.45) is 10.2 Å². The van der Waals surface area contributed by atoms with E-state index in [2.05, 4.69) is 17.2 Å². The quantitative estimate of drug-likeness (QED) is 0.513. The van der Waals surface area contributed by atoms with E-state index in [1.54, 1.807) is 18.2 Å². The van der Waals surface area contributed by atoms with Crippen LogP contribution >= 0.6 is 0 Å². The summed E-state index contributed by atoms with van der Waals surface area (Å²) in [6, 6.07) is 10.6. The average Bonchev–Trinajstić information content (AvgIpc) is 2.40. The van der Waals surface area contributed by atoms with E-state index in [1.165, 1.54) is 24.3 Å². The number of benzene rings is 2. The van der Waals surface area contributed by atoms with Crippen LogP contribution < -0.4 is 0 Å². The summed E-state index contributed by atoms with van der Waals surface area (Å²) < 4.78 is 0. The lowest BCUT2D eigenvalue weighted by molar-refractivity contribution is -0.384. The first-order chi connectivity index (χ1) is 9.08. The lowest BCUT2D eigenvalue weighted by Gasteiger charge is -1.99. The molecule has 95 valence electrons. The van der Waals surface area contributed by atoms with Gasteiger partial charge in [-0.2, -0.15) is 5.11 Å². The summed E-state index contributed by atoms with van der Waals surface area (Å²) in [5, 5.41) is 27.8. The minimum absolute atomic E-state index is 0.0599. The first kappa shape index (κ1) is 12.7. The third kappa shape index (κ3) is 2.92. The predicted octanol–water partition coefficient (Wildman–Crippen LogP) is 3.90. The highest BCUT2D eigenvalue weighted by molar-refractivity contribution is 5.57. The van der Waals surface area contributed by atoms with Crippen molar-refractivity contribution in [2.45, 2.75) is 0 Å². The molecule has 1 radical (unpaired) electrons. The van der Waals surface area contributed by atoms with E-state index in [0.29, 0.717) is 11.3 Å². The Bertz CT molecular complexity index is 653. The number of nitro benzene ring substituents is 1. The van der Waals surface area contributed by atoms with Gasteiger partial charge >= 0.3 is 0 Å². The van der Waals surface area contributed by atoms with Gasteiger partial charge < -0.3 is 5.11 Å². The van der Waals surface area contributed by atoms with Crippen LogP contribution in [0.25, 0.3) is 0 Å². The Morgan fingerprint density at radius 1 is 1.16 bits per heavy atom. The molecule has 0 aliphatic carbocycles. The molecule has 0 unspecified atom stereocenters. The maximum Gasteiger partial charge on any atom is 0.296 e. The van der Waals surface area contributed by atoms with Crippen LogP contribution in [-0.2, 0) is 0 Å². The molecule has 6 nitrogen and oxygen atoms in total. The number of hydrogen-bond donors (Lipinski definition) is 1. The molecule has 0 spiro atoms. The minimum atomic E-state index is -0.516. The van der Waals surface area contributed by atoms with Gasteiger partial charge in [-0.25, -0.2) is 0 Å². The SMILES string of the molecule is [CH2]c1cc(/N=N/c2ccccc2[N+](=O)[O-])ccc1O. The van der Waals surface area contributed by atoms with Gasteiger partial charge in [0.05, 0.1) is 10.6 Å². The van der Waals surface area contributed by atoms with E-state index in [1.807, 2.05) is 0 Å². The molecule has 0 aromatic heterocycles. The van der Waals surface area contributed by atoms with Crippen molar-refractivity contribution in [2.75, 3.05) is 0 Å². The van der Waals surface area contributed by atoms with Crippen molar-refractivity contribution < 1.29 is 10.0 Å². The summed E-state index contributed by atoms with van der Waals surface area (Å²) >= 11 is 0. The zero-order chi connectivity index (χ0) is 13.8. The summed E-state index contributed by atoms with van der Waals surface area (Å²) in [7, 11) is 0. The summed E-state index contributed by atoms with van der Waals surface area (Å²) in [6.07, 6.45) is 0. The highest BCUT2D eigenvalue weighted by atomic mass is 16.6. The maximum absolute atomic E-state index is 10.8. The second-order valence-electron chi connectivity index (χ2n) is 3.76. The third-order valence-electron chi connectivity index (χ3n) is 2.41. The predicted molar refractivity (Wildman–Crippen MR) is 69.8 cm³/mol. The molecular formula is C13H10N3O3. The Kier molecular flexibility index (Phi) is 3.51. The molecule has 0 heterocycles. The van der Waals surface area contributed by atoms with Crippen LogP contribution in [0.2, 0.25) is 0 Å². The molecular weight excluding hydrogens is 246 g/mol. The molecule has 6 heteroatoms. The Morgan fingerprint density at radius 3 is 2.58 bits per heavy atom. The smallest absolute Gasteiger partial charge is 0.296 e.